The highest BCUT2D eigenvalue weighted by Gasteiger charge is 2.45. The average molecular weight is 264 g/mol. The lowest BCUT2D eigenvalue weighted by Crippen LogP contribution is -2.44. The minimum atomic E-state index is -0.297. The second kappa shape index (κ2) is 3.85. The molecule has 2 heterocycles. The van der Waals surface area contributed by atoms with Crippen LogP contribution in [0.4, 0.5) is 0 Å². The first kappa shape index (κ1) is 11.5. The molecule has 2 aromatic rings. The van der Waals surface area contributed by atoms with E-state index < -0.39 is 0 Å². The summed E-state index contributed by atoms with van der Waals surface area (Å²) in [6.07, 6.45) is 0.850. The van der Waals surface area contributed by atoms with E-state index in [0.29, 0.717) is 12.4 Å². The molecule has 1 atom stereocenters. The smallest absolute Gasteiger partial charge is 0.126 e. The van der Waals surface area contributed by atoms with Crippen molar-refractivity contribution >= 4 is 5.84 Å². The number of rotatable bonds is 0. The lowest BCUT2D eigenvalue weighted by molar-refractivity contribution is 0.229. The molecule has 2 N–H and O–H groups in total. The molecule has 2 aliphatic heterocycles. The number of aryl methyl sites for hydroxylation is 1. The van der Waals surface area contributed by atoms with Crippen molar-refractivity contribution < 1.29 is 4.74 Å². The van der Waals surface area contributed by atoms with E-state index in [0.717, 1.165) is 23.3 Å². The quantitative estimate of drug-likeness (QED) is 0.768. The van der Waals surface area contributed by atoms with Crippen LogP contribution < -0.4 is 10.1 Å². The van der Waals surface area contributed by atoms with Crippen LogP contribution >= 0.6 is 0 Å². The number of fused-ring (bicyclic) bond motifs is 4. The molecule has 3 nitrogen and oxygen atoms in total. The van der Waals surface area contributed by atoms with Crippen molar-refractivity contribution in [3.05, 3.63) is 64.7 Å². The molecule has 0 radical (unpaired) electrons. The fraction of sp³-hybridized carbons (Fsp3) is 0.235. The summed E-state index contributed by atoms with van der Waals surface area (Å²) in [5.41, 5.74) is 4.24. The van der Waals surface area contributed by atoms with Crippen LogP contribution in [0.5, 0.6) is 5.75 Å². The summed E-state index contributed by atoms with van der Waals surface area (Å²) in [5.74, 6) is 1.45. The first-order valence-corrected chi connectivity index (χ1v) is 6.91. The Morgan fingerprint density at radius 2 is 2.00 bits per heavy atom. The number of benzene rings is 2. The zero-order chi connectivity index (χ0) is 13.7. The Morgan fingerprint density at radius 1 is 1.15 bits per heavy atom. The molecule has 4 rings (SSSR count). The van der Waals surface area contributed by atoms with Crippen molar-refractivity contribution in [3.8, 4) is 5.75 Å². The molecule has 0 fully saturated rings. The highest BCUT2D eigenvalue weighted by Crippen LogP contribution is 2.46. The fourth-order valence-corrected chi connectivity index (χ4v) is 3.38. The van der Waals surface area contributed by atoms with Gasteiger partial charge in [0.1, 0.15) is 11.6 Å². The summed E-state index contributed by atoms with van der Waals surface area (Å²) in [7, 11) is 0. The van der Waals surface area contributed by atoms with Crippen LogP contribution in [0.15, 0.2) is 42.5 Å². The molecule has 0 amide bonds. The van der Waals surface area contributed by atoms with Gasteiger partial charge in [0.05, 0.1) is 12.1 Å². The predicted molar refractivity (Wildman–Crippen MR) is 78.5 cm³/mol. The van der Waals surface area contributed by atoms with Crippen molar-refractivity contribution in [1.29, 1.82) is 5.41 Å². The maximum atomic E-state index is 8.22. The molecular formula is C17H16N2O. The third-order valence-corrected chi connectivity index (χ3v) is 4.33. The van der Waals surface area contributed by atoms with Crippen LogP contribution in [-0.2, 0) is 5.54 Å². The van der Waals surface area contributed by atoms with Crippen LogP contribution in [0.25, 0.3) is 0 Å². The second-order valence-electron chi connectivity index (χ2n) is 5.55. The molecule has 1 spiro atoms. The van der Waals surface area contributed by atoms with Gasteiger partial charge in [0.15, 0.2) is 0 Å². The SMILES string of the molecule is Cc1ccc2c(c1)OCCC21NC(=N)c2ccccc21. The Labute approximate surface area is 118 Å². The van der Waals surface area contributed by atoms with Crippen molar-refractivity contribution in [2.75, 3.05) is 6.61 Å². The monoisotopic (exact) mass is 264 g/mol. The Bertz CT molecular complexity index is 723. The molecule has 3 heteroatoms. The van der Waals surface area contributed by atoms with Gasteiger partial charge in [0.25, 0.3) is 0 Å². The predicted octanol–water partition coefficient (Wildman–Crippen LogP) is 2.95. The summed E-state index contributed by atoms with van der Waals surface area (Å²) in [6.45, 7) is 2.74. The number of hydrogen-bond acceptors (Lipinski definition) is 2. The highest BCUT2D eigenvalue weighted by molar-refractivity contribution is 6.02. The van der Waals surface area contributed by atoms with Gasteiger partial charge in [-0.2, -0.15) is 0 Å². The van der Waals surface area contributed by atoms with Gasteiger partial charge in [-0.3, -0.25) is 5.41 Å². The van der Waals surface area contributed by atoms with Crippen LogP contribution in [0.3, 0.4) is 0 Å². The third-order valence-electron chi connectivity index (χ3n) is 4.33. The zero-order valence-corrected chi connectivity index (χ0v) is 11.4. The van der Waals surface area contributed by atoms with Gasteiger partial charge in [0.2, 0.25) is 0 Å². The molecule has 0 saturated heterocycles. The molecule has 2 aromatic carbocycles. The van der Waals surface area contributed by atoms with Crippen LogP contribution in [0.2, 0.25) is 0 Å². The lowest BCUT2D eigenvalue weighted by atomic mass is 9.79. The lowest BCUT2D eigenvalue weighted by Gasteiger charge is -2.37. The van der Waals surface area contributed by atoms with Crippen molar-refractivity contribution in [1.82, 2.24) is 5.32 Å². The van der Waals surface area contributed by atoms with Crippen molar-refractivity contribution in [2.24, 2.45) is 0 Å². The summed E-state index contributed by atoms with van der Waals surface area (Å²) < 4.78 is 5.83. The molecule has 1 unspecified atom stereocenters. The van der Waals surface area contributed by atoms with Crippen molar-refractivity contribution in [3.63, 3.8) is 0 Å². The average Bonchev–Trinajstić information content (AvgIpc) is 2.73. The van der Waals surface area contributed by atoms with E-state index in [-0.39, 0.29) is 5.54 Å². The molecule has 0 saturated carbocycles. The Morgan fingerprint density at radius 3 is 2.90 bits per heavy atom. The maximum Gasteiger partial charge on any atom is 0.126 e. The molecule has 2 aliphatic rings. The fourth-order valence-electron chi connectivity index (χ4n) is 3.38. The second-order valence-corrected chi connectivity index (χ2v) is 5.55. The largest absolute Gasteiger partial charge is 0.493 e. The van der Waals surface area contributed by atoms with Gasteiger partial charge >= 0.3 is 0 Å². The van der Waals surface area contributed by atoms with Gasteiger partial charge in [-0.25, -0.2) is 0 Å². The summed E-state index contributed by atoms with van der Waals surface area (Å²) in [5, 5.41) is 11.6. The minimum Gasteiger partial charge on any atom is -0.493 e. The highest BCUT2D eigenvalue weighted by atomic mass is 16.5. The Kier molecular flexibility index (Phi) is 2.22. The van der Waals surface area contributed by atoms with Gasteiger partial charge < -0.3 is 10.1 Å². The van der Waals surface area contributed by atoms with E-state index in [1.54, 1.807) is 0 Å². The van der Waals surface area contributed by atoms with E-state index >= 15 is 0 Å². The molecule has 0 aromatic heterocycles. The first-order chi connectivity index (χ1) is 9.71. The molecule has 100 valence electrons. The topological polar surface area (TPSA) is 45.1 Å². The van der Waals surface area contributed by atoms with Crippen molar-refractivity contribution in [2.45, 2.75) is 18.9 Å². The summed E-state index contributed by atoms with van der Waals surface area (Å²) >= 11 is 0. The molecular weight excluding hydrogens is 248 g/mol. The molecule has 0 bridgehead atoms. The number of amidine groups is 1. The van der Waals surface area contributed by atoms with Gasteiger partial charge in [-0.05, 0) is 24.1 Å². The van der Waals surface area contributed by atoms with E-state index in [4.69, 9.17) is 10.1 Å². The summed E-state index contributed by atoms with van der Waals surface area (Å²) in [6, 6.07) is 14.5. The van der Waals surface area contributed by atoms with Crippen LogP contribution in [0, 0.1) is 12.3 Å². The number of hydrogen-bond donors (Lipinski definition) is 2. The normalized spacial score (nSPS) is 22.9. The van der Waals surface area contributed by atoms with Gasteiger partial charge in [-0.1, -0.05) is 36.4 Å². The van der Waals surface area contributed by atoms with Crippen LogP contribution in [-0.4, -0.2) is 12.4 Å². The van der Waals surface area contributed by atoms with E-state index in [2.05, 4.69) is 36.5 Å². The third kappa shape index (κ3) is 1.38. The standard InChI is InChI=1S/C17H16N2O/c1-11-6-7-14-15(10-11)20-9-8-17(14)13-5-3-2-4-12(13)16(18)19-17/h2-7,10H,8-9H2,1H3,(H2,18,19). The first-order valence-electron chi connectivity index (χ1n) is 6.91. The number of nitrogens with one attached hydrogen (secondary N) is 2. The van der Waals surface area contributed by atoms with Crippen LogP contribution in [0.1, 0.15) is 28.7 Å². The molecule has 20 heavy (non-hydrogen) atoms. The minimum absolute atomic E-state index is 0.297. The van der Waals surface area contributed by atoms with E-state index in [1.165, 1.54) is 11.1 Å². The number of ether oxygens (including phenoxy) is 1. The van der Waals surface area contributed by atoms with E-state index in [9.17, 15) is 0 Å². The zero-order valence-electron chi connectivity index (χ0n) is 11.4. The van der Waals surface area contributed by atoms with Gasteiger partial charge in [0, 0.05) is 17.5 Å². The summed E-state index contributed by atoms with van der Waals surface area (Å²) in [4.78, 5) is 0. The molecule has 0 aliphatic carbocycles. The Hall–Kier alpha value is -2.29. The van der Waals surface area contributed by atoms with E-state index in [1.807, 2.05) is 18.2 Å². The maximum absolute atomic E-state index is 8.22. The van der Waals surface area contributed by atoms with Gasteiger partial charge in [-0.15, -0.1) is 0 Å². The Balaban J connectivity index is 1.99.